The fourth-order valence-electron chi connectivity index (χ4n) is 12.9. The molecule has 1 spiro atoms. The maximum Gasteiger partial charge on any atom is 0.165 e. The van der Waals surface area contributed by atoms with E-state index in [9.17, 15) is 0 Å². The number of fused-ring (bicyclic) bond motifs is 19. The van der Waals surface area contributed by atoms with Crippen molar-refractivity contribution in [2.75, 3.05) is 0 Å². The number of benzene rings is 11. The fourth-order valence-corrected chi connectivity index (χ4v) is 15.3. The van der Waals surface area contributed by atoms with Crippen molar-refractivity contribution in [1.82, 2.24) is 15.0 Å². The van der Waals surface area contributed by atoms with E-state index in [4.69, 9.17) is 19.4 Å². The van der Waals surface area contributed by atoms with Gasteiger partial charge in [-0.15, -0.1) is 22.7 Å². The van der Waals surface area contributed by atoms with E-state index in [1.807, 2.05) is 6.07 Å². The van der Waals surface area contributed by atoms with E-state index in [0.29, 0.717) is 17.5 Å². The number of hydrogen-bond donors (Lipinski definition) is 0. The van der Waals surface area contributed by atoms with Crippen LogP contribution in [0.2, 0.25) is 0 Å². The summed E-state index contributed by atoms with van der Waals surface area (Å²) in [7, 11) is 0. The van der Waals surface area contributed by atoms with Crippen LogP contribution in [-0.2, 0) is 5.41 Å². The monoisotopic (exact) mass is 1000 g/mol. The number of furan rings is 1. The zero-order valence-corrected chi connectivity index (χ0v) is 42.2. The molecule has 0 saturated heterocycles. The van der Waals surface area contributed by atoms with E-state index in [-0.39, 0.29) is 5.41 Å². The van der Waals surface area contributed by atoms with Gasteiger partial charge in [-0.3, -0.25) is 0 Å². The molecule has 15 aromatic rings. The molecule has 2 aliphatic carbocycles. The van der Waals surface area contributed by atoms with Crippen molar-refractivity contribution in [3.8, 4) is 78.7 Å². The molecular formula is C70H39N3OS2. The number of hydrogen-bond acceptors (Lipinski definition) is 6. The summed E-state index contributed by atoms with van der Waals surface area (Å²) in [5.74, 6) is 1.88. The largest absolute Gasteiger partial charge is 0.456 e. The zero-order chi connectivity index (χ0) is 49.6. The Morgan fingerprint density at radius 2 is 0.763 bits per heavy atom. The molecule has 0 unspecified atom stereocenters. The molecule has 0 aliphatic heterocycles. The van der Waals surface area contributed by atoms with E-state index in [2.05, 4.69) is 231 Å². The number of rotatable bonds is 5. The van der Waals surface area contributed by atoms with E-state index in [1.165, 1.54) is 85.9 Å². The molecule has 0 bridgehead atoms. The highest BCUT2D eigenvalue weighted by Gasteiger charge is 2.51. The summed E-state index contributed by atoms with van der Waals surface area (Å²) in [6.07, 6.45) is 0. The van der Waals surface area contributed by atoms with Crippen molar-refractivity contribution < 1.29 is 4.42 Å². The first-order valence-electron chi connectivity index (χ1n) is 25.7. The highest BCUT2D eigenvalue weighted by molar-refractivity contribution is 7.26. The maximum absolute atomic E-state index is 6.67. The van der Waals surface area contributed by atoms with Crippen LogP contribution in [0.4, 0.5) is 0 Å². The Bertz CT molecular complexity index is 4900. The van der Waals surface area contributed by atoms with Gasteiger partial charge in [-0.1, -0.05) is 188 Å². The smallest absolute Gasteiger partial charge is 0.165 e. The van der Waals surface area contributed by atoms with Gasteiger partial charge in [-0.2, -0.15) is 0 Å². The molecule has 0 amide bonds. The molecule has 0 saturated carbocycles. The lowest BCUT2D eigenvalue weighted by atomic mass is 9.70. The molecular weight excluding hydrogens is 963 g/mol. The van der Waals surface area contributed by atoms with Gasteiger partial charge in [-0.05, 0) is 115 Å². The third-order valence-electron chi connectivity index (χ3n) is 16.2. The van der Waals surface area contributed by atoms with Gasteiger partial charge in [0.1, 0.15) is 11.2 Å². The molecule has 352 valence electrons. The predicted octanol–water partition coefficient (Wildman–Crippen LogP) is 19.2. The van der Waals surface area contributed by atoms with Crippen LogP contribution in [0.5, 0.6) is 0 Å². The molecule has 0 radical (unpaired) electrons. The third kappa shape index (κ3) is 5.85. The minimum absolute atomic E-state index is 0.388. The Morgan fingerprint density at radius 1 is 0.289 bits per heavy atom. The Hall–Kier alpha value is -9.33. The summed E-state index contributed by atoms with van der Waals surface area (Å²) in [5.41, 5.74) is 19.3. The van der Waals surface area contributed by atoms with E-state index < -0.39 is 0 Å². The van der Waals surface area contributed by atoms with Gasteiger partial charge < -0.3 is 4.42 Å². The molecule has 11 aromatic carbocycles. The second kappa shape index (κ2) is 15.8. The highest BCUT2D eigenvalue weighted by Crippen LogP contribution is 2.63. The zero-order valence-electron chi connectivity index (χ0n) is 40.6. The summed E-state index contributed by atoms with van der Waals surface area (Å²) in [6.45, 7) is 0. The SMILES string of the molecule is c1ccc2c(c1)-c1ccccc1C21c2ccccc2-c2ccc(-c3ccc(-c4ccc5oc6cccc(-c7nc(-c8cccc9c8sc8ccccc89)nc(-c8cccc9sc%10ccccc%10c89)n7)c6c5c4)cc3)cc21. The summed E-state index contributed by atoms with van der Waals surface area (Å²) < 4.78 is 11.5. The number of nitrogens with zero attached hydrogens (tertiary/aromatic N) is 3. The first-order valence-corrected chi connectivity index (χ1v) is 27.4. The molecule has 4 aromatic heterocycles. The lowest BCUT2D eigenvalue weighted by molar-refractivity contribution is 0.669. The average molecular weight is 1000 g/mol. The molecule has 6 heteroatoms. The van der Waals surface area contributed by atoms with Gasteiger partial charge in [0, 0.05) is 67.8 Å². The summed E-state index contributed by atoms with van der Waals surface area (Å²) in [4.78, 5) is 16.3. The van der Waals surface area contributed by atoms with Crippen molar-refractivity contribution in [2.45, 2.75) is 5.41 Å². The van der Waals surface area contributed by atoms with Gasteiger partial charge in [0.2, 0.25) is 0 Å². The van der Waals surface area contributed by atoms with Crippen molar-refractivity contribution in [2.24, 2.45) is 0 Å². The van der Waals surface area contributed by atoms with Crippen molar-refractivity contribution in [3.63, 3.8) is 0 Å². The minimum atomic E-state index is -0.388. The Kier molecular flexibility index (Phi) is 8.77. The standard InChI is InChI=1S/C70H39N3OS2/c1-6-23-55-44(14-1)45-15-2-7-24-56(45)70(55)57-25-8-3-16-46(57)47-36-34-43(39-58(47)70)41-32-30-40(31-33-41)42-35-37-59-54(38-42)64-51(20-12-26-60(64)74-59)67-71-68(52-21-13-29-63-65(52)50-18-5-10-28-62(50)75-63)73-69(72-67)53-22-11-19-49-48-17-4-9-27-61(48)76-66(49)53/h1-39H. The van der Waals surface area contributed by atoms with Crippen LogP contribution >= 0.6 is 22.7 Å². The molecule has 17 rings (SSSR count). The van der Waals surface area contributed by atoms with Crippen molar-refractivity contribution >= 4 is 85.0 Å². The summed E-state index contributed by atoms with van der Waals surface area (Å²) in [5, 5.41) is 6.77. The molecule has 4 heterocycles. The molecule has 0 atom stereocenters. The van der Waals surface area contributed by atoms with E-state index in [1.54, 1.807) is 22.7 Å². The second-order valence-electron chi connectivity index (χ2n) is 20.1. The van der Waals surface area contributed by atoms with Crippen LogP contribution in [0.1, 0.15) is 22.3 Å². The summed E-state index contributed by atoms with van der Waals surface area (Å²) in [6, 6.07) is 86.1. The predicted molar refractivity (Wildman–Crippen MR) is 316 cm³/mol. The molecule has 4 nitrogen and oxygen atoms in total. The lowest BCUT2D eigenvalue weighted by Crippen LogP contribution is -2.25. The normalized spacial score (nSPS) is 13.1. The molecule has 76 heavy (non-hydrogen) atoms. The topological polar surface area (TPSA) is 51.8 Å². The summed E-state index contributed by atoms with van der Waals surface area (Å²) >= 11 is 3.58. The second-order valence-corrected chi connectivity index (χ2v) is 22.2. The average Bonchev–Trinajstić information content (AvgIpc) is 4.47. The van der Waals surface area contributed by atoms with Gasteiger partial charge in [0.05, 0.1) is 5.41 Å². The molecule has 0 fully saturated rings. The Labute approximate surface area is 444 Å². The molecule has 0 N–H and O–H groups in total. The van der Waals surface area contributed by atoms with Crippen LogP contribution in [0.3, 0.4) is 0 Å². The Balaban J connectivity index is 0.802. The van der Waals surface area contributed by atoms with Crippen molar-refractivity contribution in [1.29, 1.82) is 0 Å². The van der Waals surface area contributed by atoms with Crippen molar-refractivity contribution in [3.05, 3.63) is 259 Å². The van der Waals surface area contributed by atoms with Gasteiger partial charge in [0.25, 0.3) is 0 Å². The van der Waals surface area contributed by atoms with E-state index >= 15 is 0 Å². The van der Waals surface area contributed by atoms with Gasteiger partial charge in [0.15, 0.2) is 17.5 Å². The highest BCUT2D eigenvalue weighted by atomic mass is 32.1. The maximum atomic E-state index is 6.67. The van der Waals surface area contributed by atoms with Crippen LogP contribution in [0.25, 0.3) is 141 Å². The first kappa shape index (κ1) is 42.1. The van der Waals surface area contributed by atoms with Gasteiger partial charge in [-0.25, -0.2) is 15.0 Å². The minimum Gasteiger partial charge on any atom is -0.456 e. The molecule has 2 aliphatic rings. The quantitative estimate of drug-likeness (QED) is 0.172. The number of aromatic nitrogens is 3. The van der Waals surface area contributed by atoms with Crippen LogP contribution in [0.15, 0.2) is 241 Å². The fraction of sp³-hybridized carbons (Fsp3) is 0.0143. The number of thiophene rings is 2. The Morgan fingerprint density at radius 3 is 1.46 bits per heavy atom. The van der Waals surface area contributed by atoms with E-state index in [0.717, 1.165) is 59.8 Å². The first-order chi connectivity index (χ1) is 37.7. The lowest BCUT2D eigenvalue weighted by Gasteiger charge is -2.30. The van der Waals surface area contributed by atoms with Gasteiger partial charge >= 0.3 is 0 Å². The van der Waals surface area contributed by atoms with Crippen LogP contribution < -0.4 is 0 Å². The van der Waals surface area contributed by atoms with Crippen LogP contribution in [0, 0.1) is 0 Å². The third-order valence-corrected chi connectivity index (χ3v) is 18.6. The van der Waals surface area contributed by atoms with Crippen LogP contribution in [-0.4, -0.2) is 15.0 Å².